The number of benzene rings is 1. The van der Waals surface area contributed by atoms with Gasteiger partial charge in [0.15, 0.2) is 0 Å². The molecule has 0 amide bonds. The molecule has 1 aromatic carbocycles. The maximum atomic E-state index is 12.8. The minimum atomic E-state index is -4.50. The Labute approximate surface area is 117 Å². The molecule has 0 fully saturated rings. The van der Waals surface area contributed by atoms with Crippen LogP contribution in [-0.2, 0) is 12.1 Å². The van der Waals surface area contributed by atoms with E-state index in [4.69, 9.17) is 23.2 Å². The SMILES string of the molecule is Cc1c(CCl)cnn1-c1ccc(Cl)c(C(F)(F)F)c1. The Bertz CT molecular complexity index is 606. The third kappa shape index (κ3) is 2.72. The summed E-state index contributed by atoms with van der Waals surface area (Å²) in [5.41, 5.74) is 0.884. The first-order valence-electron chi connectivity index (χ1n) is 5.31. The van der Waals surface area contributed by atoms with Gasteiger partial charge in [0.1, 0.15) is 0 Å². The van der Waals surface area contributed by atoms with Crippen molar-refractivity contribution in [1.82, 2.24) is 9.78 Å². The van der Waals surface area contributed by atoms with Gasteiger partial charge in [0.05, 0.1) is 28.4 Å². The van der Waals surface area contributed by atoms with Crippen LogP contribution in [0.4, 0.5) is 13.2 Å². The molecule has 0 spiro atoms. The predicted molar refractivity (Wildman–Crippen MR) is 67.9 cm³/mol. The van der Waals surface area contributed by atoms with Gasteiger partial charge in [-0.15, -0.1) is 11.6 Å². The van der Waals surface area contributed by atoms with Crippen LogP contribution in [0.5, 0.6) is 0 Å². The number of alkyl halides is 4. The standard InChI is InChI=1S/C12H9Cl2F3N2/c1-7-8(5-13)6-18-19(7)9-2-3-11(14)10(4-9)12(15,16)17/h2-4,6H,5H2,1H3. The van der Waals surface area contributed by atoms with Gasteiger partial charge in [0, 0.05) is 11.3 Å². The topological polar surface area (TPSA) is 17.8 Å². The number of hydrogen-bond donors (Lipinski definition) is 0. The molecule has 0 saturated carbocycles. The van der Waals surface area contributed by atoms with E-state index >= 15 is 0 Å². The van der Waals surface area contributed by atoms with Crippen LogP contribution in [0.15, 0.2) is 24.4 Å². The van der Waals surface area contributed by atoms with Crippen LogP contribution in [0.25, 0.3) is 5.69 Å². The molecule has 0 bridgehead atoms. The monoisotopic (exact) mass is 308 g/mol. The summed E-state index contributed by atoms with van der Waals surface area (Å²) in [4.78, 5) is 0. The Hall–Kier alpha value is -1.20. The minimum Gasteiger partial charge on any atom is -0.238 e. The first kappa shape index (κ1) is 14.2. The van der Waals surface area contributed by atoms with Crippen LogP contribution in [0.2, 0.25) is 5.02 Å². The van der Waals surface area contributed by atoms with Crippen molar-refractivity contribution in [2.45, 2.75) is 19.0 Å². The quantitative estimate of drug-likeness (QED) is 0.742. The summed E-state index contributed by atoms with van der Waals surface area (Å²) in [5.74, 6) is 0.256. The van der Waals surface area contributed by atoms with Crippen molar-refractivity contribution in [3.05, 3.63) is 46.2 Å². The van der Waals surface area contributed by atoms with E-state index in [0.29, 0.717) is 11.4 Å². The summed E-state index contributed by atoms with van der Waals surface area (Å²) >= 11 is 11.3. The summed E-state index contributed by atoms with van der Waals surface area (Å²) in [5, 5.41) is 3.70. The van der Waals surface area contributed by atoms with E-state index in [0.717, 1.165) is 11.6 Å². The summed E-state index contributed by atoms with van der Waals surface area (Å²) < 4.78 is 39.7. The minimum absolute atomic E-state index is 0.256. The normalized spacial score (nSPS) is 11.9. The van der Waals surface area contributed by atoms with Crippen LogP contribution in [-0.4, -0.2) is 9.78 Å². The molecule has 0 aliphatic rings. The fourth-order valence-corrected chi connectivity index (χ4v) is 2.18. The summed E-state index contributed by atoms with van der Waals surface area (Å²) in [7, 11) is 0. The molecule has 2 rings (SSSR count). The van der Waals surface area contributed by atoms with Crippen molar-refractivity contribution < 1.29 is 13.2 Å². The molecule has 0 N–H and O–H groups in total. The molecule has 7 heteroatoms. The average Bonchev–Trinajstić information content (AvgIpc) is 2.70. The van der Waals surface area contributed by atoms with Gasteiger partial charge in [0.2, 0.25) is 0 Å². The van der Waals surface area contributed by atoms with Crippen molar-refractivity contribution in [2.75, 3.05) is 0 Å². The van der Waals surface area contributed by atoms with Crippen LogP contribution < -0.4 is 0 Å². The van der Waals surface area contributed by atoms with Crippen molar-refractivity contribution in [3.63, 3.8) is 0 Å². The van der Waals surface area contributed by atoms with Gasteiger partial charge in [-0.2, -0.15) is 18.3 Å². The number of rotatable bonds is 2. The van der Waals surface area contributed by atoms with Gasteiger partial charge in [-0.25, -0.2) is 4.68 Å². The van der Waals surface area contributed by atoms with Gasteiger partial charge in [-0.1, -0.05) is 11.6 Å². The Morgan fingerprint density at radius 2 is 2.00 bits per heavy atom. The van der Waals surface area contributed by atoms with E-state index in [9.17, 15) is 13.2 Å². The molecule has 0 saturated heterocycles. The van der Waals surface area contributed by atoms with Crippen LogP contribution in [0.1, 0.15) is 16.8 Å². The lowest BCUT2D eigenvalue weighted by molar-refractivity contribution is -0.137. The van der Waals surface area contributed by atoms with E-state index < -0.39 is 11.7 Å². The highest BCUT2D eigenvalue weighted by atomic mass is 35.5. The molecule has 0 unspecified atom stereocenters. The molecule has 102 valence electrons. The molecular weight excluding hydrogens is 300 g/mol. The largest absolute Gasteiger partial charge is 0.417 e. The van der Waals surface area contributed by atoms with E-state index in [2.05, 4.69) is 5.10 Å². The van der Waals surface area contributed by atoms with Crippen LogP contribution in [0.3, 0.4) is 0 Å². The highest BCUT2D eigenvalue weighted by Crippen LogP contribution is 2.36. The number of aromatic nitrogens is 2. The molecule has 2 nitrogen and oxygen atoms in total. The average molecular weight is 309 g/mol. The second kappa shape index (κ2) is 5.06. The molecular formula is C12H9Cl2F3N2. The summed E-state index contributed by atoms with van der Waals surface area (Å²) in [6.45, 7) is 1.74. The number of hydrogen-bond acceptors (Lipinski definition) is 1. The molecule has 0 radical (unpaired) electrons. The Balaban J connectivity index is 2.55. The molecule has 1 heterocycles. The van der Waals surface area contributed by atoms with Crippen molar-refractivity contribution >= 4 is 23.2 Å². The van der Waals surface area contributed by atoms with Gasteiger partial charge in [-0.3, -0.25) is 0 Å². The van der Waals surface area contributed by atoms with Crippen molar-refractivity contribution in [1.29, 1.82) is 0 Å². The van der Waals surface area contributed by atoms with E-state index in [1.54, 1.807) is 6.92 Å². The van der Waals surface area contributed by atoms with Gasteiger partial charge in [0.25, 0.3) is 0 Å². The lowest BCUT2D eigenvalue weighted by atomic mass is 10.2. The van der Waals surface area contributed by atoms with E-state index in [1.165, 1.54) is 23.0 Å². The fourth-order valence-electron chi connectivity index (χ4n) is 1.70. The van der Waals surface area contributed by atoms with Crippen molar-refractivity contribution in [2.24, 2.45) is 0 Å². The third-order valence-electron chi connectivity index (χ3n) is 2.76. The third-order valence-corrected chi connectivity index (χ3v) is 3.37. The molecule has 0 aliphatic carbocycles. The van der Waals surface area contributed by atoms with E-state index in [1.807, 2.05) is 0 Å². The predicted octanol–water partition coefficient (Wildman–Crippen LogP) is 4.59. The molecule has 1 aromatic heterocycles. The first-order chi connectivity index (χ1) is 8.84. The Morgan fingerprint density at radius 3 is 2.53 bits per heavy atom. The van der Waals surface area contributed by atoms with Crippen LogP contribution in [0, 0.1) is 6.92 Å². The number of halogens is 5. The van der Waals surface area contributed by atoms with Gasteiger partial charge < -0.3 is 0 Å². The molecule has 19 heavy (non-hydrogen) atoms. The second-order valence-electron chi connectivity index (χ2n) is 3.96. The smallest absolute Gasteiger partial charge is 0.238 e. The fraction of sp³-hybridized carbons (Fsp3) is 0.250. The number of nitrogens with zero attached hydrogens (tertiary/aromatic N) is 2. The first-order valence-corrected chi connectivity index (χ1v) is 6.22. The Morgan fingerprint density at radius 1 is 1.32 bits per heavy atom. The van der Waals surface area contributed by atoms with Crippen LogP contribution >= 0.6 is 23.2 Å². The highest BCUT2D eigenvalue weighted by Gasteiger charge is 2.33. The highest BCUT2D eigenvalue weighted by molar-refractivity contribution is 6.31. The maximum Gasteiger partial charge on any atom is 0.417 e. The summed E-state index contributed by atoms with van der Waals surface area (Å²) in [6, 6.07) is 3.66. The van der Waals surface area contributed by atoms with Gasteiger partial charge in [-0.05, 0) is 25.1 Å². The molecule has 0 atom stereocenters. The lowest BCUT2D eigenvalue weighted by Crippen LogP contribution is -2.08. The summed E-state index contributed by atoms with van der Waals surface area (Å²) in [6.07, 6.45) is -2.96. The van der Waals surface area contributed by atoms with E-state index in [-0.39, 0.29) is 10.9 Å². The molecule has 2 aromatic rings. The maximum absolute atomic E-state index is 12.8. The molecule has 0 aliphatic heterocycles. The zero-order chi connectivity index (χ0) is 14.2. The zero-order valence-electron chi connectivity index (χ0n) is 9.80. The lowest BCUT2D eigenvalue weighted by Gasteiger charge is -2.12. The zero-order valence-corrected chi connectivity index (χ0v) is 11.3. The Kier molecular flexibility index (Phi) is 3.78. The van der Waals surface area contributed by atoms with Gasteiger partial charge >= 0.3 is 6.18 Å². The van der Waals surface area contributed by atoms with Crippen molar-refractivity contribution in [3.8, 4) is 5.69 Å². The second-order valence-corrected chi connectivity index (χ2v) is 4.64.